The number of aromatic nitrogens is 2. The van der Waals surface area contributed by atoms with Gasteiger partial charge in [-0.2, -0.15) is 0 Å². The van der Waals surface area contributed by atoms with Gasteiger partial charge in [-0.25, -0.2) is 9.97 Å². The fourth-order valence-corrected chi connectivity index (χ4v) is 5.02. The molecule has 5 nitrogen and oxygen atoms in total. The largest absolute Gasteiger partial charge is 0.335 e. The summed E-state index contributed by atoms with van der Waals surface area (Å²) in [7, 11) is 0. The molecule has 1 aromatic heterocycles. The van der Waals surface area contributed by atoms with Crippen LogP contribution in [0.1, 0.15) is 50.4 Å². The maximum Gasteiger partial charge on any atom is 0.257 e. The molecule has 1 aromatic carbocycles. The first kappa shape index (κ1) is 17.0. The Bertz CT molecular complexity index is 803. The quantitative estimate of drug-likeness (QED) is 0.898. The Balaban J connectivity index is 1.49. The Kier molecular flexibility index (Phi) is 3.98. The molecule has 1 N–H and O–H groups in total. The molecule has 136 valence electrons. The number of fused-ring (bicyclic) bond motifs is 2. The number of likely N-dealkylation sites (tertiary alicyclic amines) is 1. The molecule has 1 aliphatic carbocycles. The van der Waals surface area contributed by atoms with Crippen LogP contribution >= 0.6 is 0 Å². The van der Waals surface area contributed by atoms with Crippen LogP contribution < -0.4 is 5.32 Å². The van der Waals surface area contributed by atoms with E-state index in [0.717, 1.165) is 25.1 Å². The van der Waals surface area contributed by atoms with Crippen LogP contribution in [0, 0.1) is 10.8 Å². The third kappa shape index (κ3) is 3.30. The van der Waals surface area contributed by atoms with Crippen LogP contribution in [0.2, 0.25) is 0 Å². The van der Waals surface area contributed by atoms with Gasteiger partial charge in [0.15, 0.2) is 0 Å². The smallest absolute Gasteiger partial charge is 0.257 e. The van der Waals surface area contributed by atoms with Gasteiger partial charge in [0.2, 0.25) is 5.95 Å². The highest BCUT2D eigenvalue weighted by Crippen LogP contribution is 2.52. The molecule has 2 bridgehead atoms. The summed E-state index contributed by atoms with van der Waals surface area (Å²) in [5, 5.41) is 3.15. The molecule has 4 rings (SSSR count). The first-order valence-corrected chi connectivity index (χ1v) is 9.29. The number of nitrogens with zero attached hydrogens (tertiary/aromatic N) is 3. The van der Waals surface area contributed by atoms with E-state index in [1.54, 1.807) is 12.4 Å². The highest BCUT2D eigenvalue weighted by molar-refractivity contribution is 5.94. The molecule has 0 radical (unpaired) electrons. The molecule has 1 aliphatic heterocycles. The number of para-hydroxylation sites is 1. The summed E-state index contributed by atoms with van der Waals surface area (Å²) in [6, 6.07) is 10.1. The summed E-state index contributed by atoms with van der Waals surface area (Å²) in [6.07, 6.45) is 6.63. The summed E-state index contributed by atoms with van der Waals surface area (Å²) >= 11 is 0. The normalized spacial score (nSPS) is 26.6. The zero-order valence-corrected chi connectivity index (χ0v) is 15.7. The van der Waals surface area contributed by atoms with Crippen LogP contribution in [-0.4, -0.2) is 33.4 Å². The van der Waals surface area contributed by atoms with Gasteiger partial charge in [-0.3, -0.25) is 4.79 Å². The molecule has 0 unspecified atom stereocenters. The standard InChI is InChI=1S/C21H26N4O/c1-20(2)9-17-10-21(3,13-20)14-25(17)18(26)15-11-22-19(23-12-15)24-16-7-5-4-6-8-16/h4-8,11-12,17H,9-10,13-14H2,1-3H3,(H,22,23,24)/t17-,21-/m1/s1. The van der Waals surface area contributed by atoms with Crippen molar-refractivity contribution in [1.82, 2.24) is 14.9 Å². The summed E-state index contributed by atoms with van der Waals surface area (Å²) in [5.41, 5.74) is 2.03. The van der Waals surface area contributed by atoms with Gasteiger partial charge in [-0.05, 0) is 42.2 Å². The van der Waals surface area contributed by atoms with Gasteiger partial charge in [0.25, 0.3) is 5.91 Å². The van der Waals surface area contributed by atoms with E-state index in [2.05, 4.69) is 41.0 Å². The molecule has 5 heteroatoms. The van der Waals surface area contributed by atoms with Gasteiger partial charge in [-0.1, -0.05) is 39.0 Å². The van der Waals surface area contributed by atoms with Crippen LogP contribution in [0.5, 0.6) is 0 Å². The number of hydrogen-bond donors (Lipinski definition) is 1. The maximum absolute atomic E-state index is 13.0. The van der Waals surface area contributed by atoms with Crippen molar-refractivity contribution in [3.63, 3.8) is 0 Å². The van der Waals surface area contributed by atoms with E-state index < -0.39 is 0 Å². The van der Waals surface area contributed by atoms with Crippen molar-refractivity contribution < 1.29 is 4.79 Å². The summed E-state index contributed by atoms with van der Waals surface area (Å²) in [6.45, 7) is 7.79. The lowest BCUT2D eigenvalue weighted by atomic mass is 9.65. The molecular formula is C21H26N4O. The molecule has 2 heterocycles. The Labute approximate surface area is 154 Å². The predicted octanol–water partition coefficient (Wildman–Crippen LogP) is 4.26. The molecule has 1 saturated heterocycles. The third-order valence-electron chi connectivity index (χ3n) is 5.60. The van der Waals surface area contributed by atoms with Crippen molar-refractivity contribution >= 4 is 17.5 Å². The number of hydrogen-bond acceptors (Lipinski definition) is 4. The Morgan fingerprint density at radius 3 is 2.50 bits per heavy atom. The highest BCUT2D eigenvalue weighted by Gasteiger charge is 2.51. The number of amides is 1. The van der Waals surface area contributed by atoms with E-state index >= 15 is 0 Å². The molecule has 26 heavy (non-hydrogen) atoms. The molecule has 1 saturated carbocycles. The van der Waals surface area contributed by atoms with E-state index in [4.69, 9.17) is 0 Å². The highest BCUT2D eigenvalue weighted by atomic mass is 16.2. The fourth-order valence-electron chi connectivity index (χ4n) is 5.02. The van der Waals surface area contributed by atoms with E-state index in [1.165, 1.54) is 6.42 Å². The monoisotopic (exact) mass is 350 g/mol. The van der Waals surface area contributed by atoms with Gasteiger partial charge < -0.3 is 10.2 Å². The van der Waals surface area contributed by atoms with Crippen molar-refractivity contribution in [2.75, 3.05) is 11.9 Å². The van der Waals surface area contributed by atoms with Gasteiger partial charge in [-0.15, -0.1) is 0 Å². The van der Waals surface area contributed by atoms with E-state index in [0.29, 0.717) is 23.0 Å². The summed E-state index contributed by atoms with van der Waals surface area (Å²) < 4.78 is 0. The van der Waals surface area contributed by atoms with E-state index in [1.807, 2.05) is 30.3 Å². The van der Waals surface area contributed by atoms with E-state index in [9.17, 15) is 4.79 Å². The molecule has 2 aliphatic rings. The second kappa shape index (κ2) is 6.08. The third-order valence-corrected chi connectivity index (χ3v) is 5.60. The molecule has 2 aromatic rings. The average molecular weight is 350 g/mol. The Morgan fingerprint density at radius 2 is 1.81 bits per heavy atom. The summed E-state index contributed by atoms with van der Waals surface area (Å²) in [5.74, 6) is 0.559. The molecular weight excluding hydrogens is 324 g/mol. The van der Waals surface area contributed by atoms with Crippen LogP contribution in [0.3, 0.4) is 0 Å². The van der Waals surface area contributed by atoms with Crippen molar-refractivity contribution in [2.24, 2.45) is 10.8 Å². The SMILES string of the molecule is CC1(C)C[C@@H]2C[C@@](C)(CN2C(=O)c2cnc(Nc3ccccc3)nc2)C1. The first-order valence-electron chi connectivity index (χ1n) is 9.29. The minimum absolute atomic E-state index is 0.0580. The van der Waals surface area contributed by atoms with E-state index in [-0.39, 0.29) is 11.3 Å². The zero-order chi connectivity index (χ0) is 18.4. The van der Waals surface area contributed by atoms with Crippen molar-refractivity contribution in [3.8, 4) is 0 Å². The topological polar surface area (TPSA) is 58.1 Å². The van der Waals surface area contributed by atoms with Crippen molar-refractivity contribution in [2.45, 2.75) is 46.1 Å². The molecule has 2 atom stereocenters. The minimum Gasteiger partial charge on any atom is -0.335 e. The molecule has 1 amide bonds. The Hall–Kier alpha value is -2.43. The number of carbonyl (C=O) groups excluding carboxylic acids is 1. The minimum atomic E-state index is 0.0580. The van der Waals surface area contributed by atoms with Gasteiger partial charge in [0.1, 0.15) is 0 Å². The number of benzene rings is 1. The second-order valence-electron chi connectivity index (χ2n) is 8.93. The van der Waals surface area contributed by atoms with Crippen LogP contribution in [-0.2, 0) is 0 Å². The summed E-state index contributed by atoms with van der Waals surface area (Å²) in [4.78, 5) is 23.7. The van der Waals surface area contributed by atoms with Crippen molar-refractivity contribution in [1.29, 1.82) is 0 Å². The molecule has 2 fully saturated rings. The number of nitrogens with one attached hydrogen (secondary N) is 1. The number of anilines is 2. The maximum atomic E-state index is 13.0. The van der Waals surface area contributed by atoms with Gasteiger partial charge in [0, 0.05) is 30.7 Å². The lowest BCUT2D eigenvalue weighted by molar-refractivity contribution is 0.0707. The lowest BCUT2D eigenvalue weighted by Crippen LogP contribution is -2.37. The van der Waals surface area contributed by atoms with Crippen LogP contribution in [0.4, 0.5) is 11.6 Å². The average Bonchev–Trinajstić information content (AvgIpc) is 2.85. The predicted molar refractivity (Wildman–Crippen MR) is 102 cm³/mol. The first-order chi connectivity index (χ1) is 12.3. The van der Waals surface area contributed by atoms with Gasteiger partial charge >= 0.3 is 0 Å². The van der Waals surface area contributed by atoms with Crippen molar-refractivity contribution in [3.05, 3.63) is 48.3 Å². The van der Waals surface area contributed by atoms with Crippen LogP contribution in [0.25, 0.3) is 0 Å². The fraction of sp³-hybridized carbons (Fsp3) is 0.476. The second-order valence-corrected chi connectivity index (χ2v) is 8.93. The van der Waals surface area contributed by atoms with Crippen LogP contribution in [0.15, 0.2) is 42.7 Å². The Morgan fingerprint density at radius 1 is 1.12 bits per heavy atom. The number of rotatable bonds is 3. The number of carbonyl (C=O) groups is 1. The van der Waals surface area contributed by atoms with Gasteiger partial charge in [0.05, 0.1) is 5.56 Å². The zero-order valence-electron chi connectivity index (χ0n) is 15.7. The lowest BCUT2D eigenvalue weighted by Gasteiger charge is -2.39. The molecule has 0 spiro atoms.